The minimum Gasteiger partial charge on any atom is -0.492 e. The molecule has 0 aliphatic rings. The Morgan fingerprint density at radius 1 is 1.14 bits per heavy atom. The van der Waals surface area contributed by atoms with Crippen molar-refractivity contribution in [1.29, 1.82) is 0 Å². The van der Waals surface area contributed by atoms with Crippen LogP contribution in [0.5, 0.6) is 11.5 Å². The average Bonchev–Trinajstić information content (AvgIpc) is 2.70. The van der Waals surface area contributed by atoms with Crippen LogP contribution in [0.1, 0.15) is 13.3 Å². The van der Waals surface area contributed by atoms with Crippen molar-refractivity contribution in [3.8, 4) is 11.5 Å². The summed E-state index contributed by atoms with van der Waals surface area (Å²) in [5.41, 5.74) is 0. The molecule has 0 radical (unpaired) electrons. The molecule has 0 heterocycles. The topological polar surface area (TPSA) is 84.9 Å². The smallest absolute Gasteiger partial charge is 0.261 e. The number of benzene rings is 2. The third kappa shape index (κ3) is 6.16. The van der Waals surface area contributed by atoms with Crippen LogP contribution >= 0.6 is 0 Å². The van der Waals surface area contributed by atoms with Crippen molar-refractivity contribution >= 4 is 15.9 Å². The van der Waals surface area contributed by atoms with Gasteiger partial charge in [0.05, 0.1) is 11.4 Å². The van der Waals surface area contributed by atoms with Crippen LogP contribution in [0.15, 0.2) is 53.4 Å². The Morgan fingerprint density at radius 2 is 1.79 bits per heavy atom. The molecule has 1 N–H and O–H groups in total. The fourth-order valence-corrected chi connectivity index (χ4v) is 3.29. The van der Waals surface area contributed by atoms with Crippen molar-refractivity contribution in [2.24, 2.45) is 0 Å². The summed E-state index contributed by atoms with van der Waals surface area (Å²) in [6, 6.07) is 11.9. The predicted octanol–water partition coefficient (Wildman–Crippen LogP) is 2.43. The second-order valence-electron chi connectivity index (χ2n) is 6.34. The molecule has 0 unspecified atom stereocenters. The molecule has 1 atom stereocenters. The molecule has 29 heavy (non-hydrogen) atoms. The van der Waals surface area contributed by atoms with E-state index in [2.05, 4.69) is 5.32 Å². The largest absolute Gasteiger partial charge is 0.492 e. The van der Waals surface area contributed by atoms with E-state index in [-0.39, 0.29) is 29.7 Å². The van der Waals surface area contributed by atoms with Crippen LogP contribution in [0.25, 0.3) is 0 Å². The van der Waals surface area contributed by atoms with Crippen LogP contribution in [0.2, 0.25) is 0 Å². The molecule has 1 amide bonds. The number of carbonyl (C=O) groups excluding carboxylic acids is 1. The summed E-state index contributed by atoms with van der Waals surface area (Å²) in [5.74, 6) is -0.390. The maximum Gasteiger partial charge on any atom is 0.261 e. The minimum absolute atomic E-state index is 0.0264. The summed E-state index contributed by atoms with van der Waals surface area (Å²) >= 11 is 0. The van der Waals surface area contributed by atoms with Crippen molar-refractivity contribution < 1.29 is 27.1 Å². The summed E-state index contributed by atoms with van der Waals surface area (Å²) in [5, 5.41) is 2.68. The molecule has 0 spiro atoms. The van der Waals surface area contributed by atoms with Gasteiger partial charge >= 0.3 is 0 Å². The van der Waals surface area contributed by atoms with Crippen LogP contribution < -0.4 is 14.8 Å². The Morgan fingerprint density at radius 3 is 2.38 bits per heavy atom. The van der Waals surface area contributed by atoms with Crippen molar-refractivity contribution in [1.82, 2.24) is 9.62 Å². The number of para-hydroxylation sites is 1. The number of nitrogens with zero attached hydrogens (tertiary/aromatic N) is 1. The van der Waals surface area contributed by atoms with Crippen molar-refractivity contribution in [3.63, 3.8) is 0 Å². The van der Waals surface area contributed by atoms with Crippen LogP contribution in [0, 0.1) is 5.82 Å². The van der Waals surface area contributed by atoms with E-state index in [1.165, 1.54) is 38.4 Å². The van der Waals surface area contributed by atoms with Gasteiger partial charge in [0.25, 0.3) is 5.91 Å². The number of sulfonamides is 1. The minimum atomic E-state index is -3.49. The number of rotatable bonds is 10. The number of ether oxygens (including phenoxy) is 2. The first-order valence-electron chi connectivity index (χ1n) is 9.10. The lowest BCUT2D eigenvalue weighted by Crippen LogP contribution is -2.39. The number of hydrogen-bond acceptors (Lipinski definition) is 5. The van der Waals surface area contributed by atoms with Gasteiger partial charge in [-0.15, -0.1) is 0 Å². The van der Waals surface area contributed by atoms with E-state index in [0.717, 1.165) is 4.31 Å². The van der Waals surface area contributed by atoms with E-state index in [0.29, 0.717) is 12.2 Å². The van der Waals surface area contributed by atoms with E-state index in [9.17, 15) is 17.6 Å². The van der Waals surface area contributed by atoms with Gasteiger partial charge in [0, 0.05) is 14.1 Å². The zero-order valence-electron chi connectivity index (χ0n) is 16.6. The fraction of sp³-hybridized carbons (Fsp3) is 0.350. The average molecular weight is 424 g/mol. The second kappa shape index (κ2) is 10.2. The van der Waals surface area contributed by atoms with Gasteiger partial charge in [-0.1, -0.05) is 19.1 Å². The molecular weight excluding hydrogens is 399 g/mol. The first kappa shape index (κ1) is 22.6. The summed E-state index contributed by atoms with van der Waals surface area (Å²) in [7, 11) is -0.571. The zero-order valence-corrected chi connectivity index (χ0v) is 17.4. The normalized spacial score (nSPS) is 12.4. The van der Waals surface area contributed by atoms with Gasteiger partial charge in [-0.2, -0.15) is 0 Å². The molecule has 0 saturated carbocycles. The highest BCUT2D eigenvalue weighted by atomic mass is 32.2. The van der Waals surface area contributed by atoms with E-state index in [1.807, 2.05) is 0 Å². The molecule has 2 rings (SSSR count). The monoisotopic (exact) mass is 424 g/mol. The maximum atomic E-state index is 13.7. The van der Waals surface area contributed by atoms with Gasteiger partial charge in [0.15, 0.2) is 17.7 Å². The number of nitrogens with one attached hydrogen (secondary N) is 1. The highest BCUT2D eigenvalue weighted by molar-refractivity contribution is 7.89. The first-order valence-corrected chi connectivity index (χ1v) is 10.5. The molecule has 158 valence electrons. The van der Waals surface area contributed by atoms with Crippen LogP contribution in [0.4, 0.5) is 4.39 Å². The Labute approximate surface area is 170 Å². The molecule has 2 aromatic carbocycles. The third-order valence-corrected chi connectivity index (χ3v) is 5.87. The fourth-order valence-electron chi connectivity index (χ4n) is 2.39. The van der Waals surface area contributed by atoms with Crippen molar-refractivity contribution in [2.75, 3.05) is 27.2 Å². The molecule has 0 aliphatic heterocycles. The summed E-state index contributed by atoms with van der Waals surface area (Å²) in [6.45, 7) is 2.17. The van der Waals surface area contributed by atoms with Crippen LogP contribution in [0.3, 0.4) is 0 Å². The van der Waals surface area contributed by atoms with E-state index in [1.54, 1.807) is 31.2 Å². The van der Waals surface area contributed by atoms with Crippen molar-refractivity contribution in [2.45, 2.75) is 24.3 Å². The van der Waals surface area contributed by atoms with Gasteiger partial charge in [0.1, 0.15) is 12.4 Å². The van der Waals surface area contributed by atoms with E-state index < -0.39 is 21.9 Å². The highest BCUT2D eigenvalue weighted by Gasteiger charge is 2.19. The Kier molecular flexibility index (Phi) is 7.98. The Hall–Kier alpha value is -2.65. The van der Waals surface area contributed by atoms with Gasteiger partial charge < -0.3 is 14.8 Å². The van der Waals surface area contributed by atoms with Gasteiger partial charge in [0.2, 0.25) is 10.0 Å². The lowest BCUT2D eigenvalue weighted by molar-refractivity contribution is -0.128. The SMILES string of the molecule is CC[C@H](Oc1ccccc1F)C(=O)NCCOc1ccc(S(=O)(=O)N(C)C)cc1. The Bertz CT molecular complexity index is 917. The van der Waals surface area contributed by atoms with Gasteiger partial charge in [-0.25, -0.2) is 17.1 Å². The number of amides is 1. The first-order chi connectivity index (χ1) is 13.8. The van der Waals surface area contributed by atoms with Crippen molar-refractivity contribution in [3.05, 3.63) is 54.3 Å². The highest BCUT2D eigenvalue weighted by Crippen LogP contribution is 2.19. The molecule has 0 aromatic heterocycles. The lowest BCUT2D eigenvalue weighted by Gasteiger charge is -2.17. The molecule has 0 bridgehead atoms. The number of hydrogen-bond donors (Lipinski definition) is 1. The van der Waals surface area contributed by atoms with E-state index in [4.69, 9.17) is 9.47 Å². The lowest BCUT2D eigenvalue weighted by atomic mass is 10.2. The quantitative estimate of drug-likeness (QED) is 0.592. The summed E-state index contributed by atoms with van der Waals surface area (Å²) < 4.78 is 49.8. The molecule has 7 nitrogen and oxygen atoms in total. The van der Waals surface area contributed by atoms with Crippen LogP contribution in [-0.4, -0.2) is 52.0 Å². The molecule has 0 fully saturated rings. The maximum absolute atomic E-state index is 13.7. The van der Waals surface area contributed by atoms with Gasteiger partial charge in [-0.3, -0.25) is 4.79 Å². The summed E-state index contributed by atoms with van der Waals surface area (Å²) in [4.78, 5) is 12.4. The summed E-state index contributed by atoms with van der Waals surface area (Å²) in [6.07, 6.45) is -0.439. The second-order valence-corrected chi connectivity index (χ2v) is 8.50. The Balaban J connectivity index is 1.82. The molecular formula is C20H25FN2O5S. The van der Waals surface area contributed by atoms with Crippen LogP contribution in [-0.2, 0) is 14.8 Å². The molecule has 0 aliphatic carbocycles. The molecule has 9 heteroatoms. The molecule has 0 saturated heterocycles. The van der Waals surface area contributed by atoms with E-state index >= 15 is 0 Å². The number of carbonyl (C=O) groups is 1. The predicted molar refractivity (Wildman–Crippen MR) is 107 cm³/mol. The zero-order chi connectivity index (χ0) is 21.4. The number of halogens is 1. The van der Waals surface area contributed by atoms with Gasteiger partial charge in [-0.05, 0) is 42.8 Å². The molecule has 2 aromatic rings. The third-order valence-electron chi connectivity index (χ3n) is 4.04. The standard InChI is InChI=1S/C20H25FN2O5S/c1-4-18(28-19-8-6-5-7-17(19)21)20(24)22-13-14-27-15-9-11-16(12-10-15)29(25,26)23(2)3/h5-12,18H,4,13-14H2,1-3H3,(H,22,24)/t18-/m0/s1.